The van der Waals surface area contributed by atoms with Crippen molar-refractivity contribution in [1.82, 2.24) is 10.2 Å². The third-order valence-corrected chi connectivity index (χ3v) is 4.28. The molecule has 0 saturated carbocycles. The number of nitrogens with zero attached hydrogens (tertiary/aromatic N) is 1. The number of hydrogen-bond donors (Lipinski definition) is 2. The number of hydrogen-bond acceptors (Lipinski definition) is 3. The summed E-state index contributed by atoms with van der Waals surface area (Å²) in [4.78, 5) is 14.2. The maximum atomic E-state index is 12.5. The van der Waals surface area contributed by atoms with Crippen LogP contribution in [0.15, 0.2) is 24.3 Å². The fourth-order valence-electron chi connectivity index (χ4n) is 2.78. The molecule has 2 amide bonds. The lowest BCUT2D eigenvalue weighted by molar-refractivity contribution is 0.149. The normalized spacial score (nSPS) is 19.2. The molecule has 1 aromatic rings. The van der Waals surface area contributed by atoms with Crippen molar-refractivity contribution in [2.75, 3.05) is 26.9 Å². The van der Waals surface area contributed by atoms with Crippen LogP contribution >= 0.6 is 11.6 Å². The largest absolute Gasteiger partial charge is 0.394 e. The Morgan fingerprint density at radius 3 is 2.86 bits per heavy atom. The zero-order chi connectivity index (χ0) is 15.9. The van der Waals surface area contributed by atoms with Crippen LogP contribution in [0.3, 0.4) is 0 Å². The highest BCUT2D eigenvalue weighted by atomic mass is 35.5. The Bertz CT molecular complexity index is 481. The number of rotatable bonds is 6. The highest BCUT2D eigenvalue weighted by Gasteiger charge is 2.29. The van der Waals surface area contributed by atoms with E-state index in [9.17, 15) is 9.90 Å². The summed E-state index contributed by atoms with van der Waals surface area (Å²) in [6.07, 6.45) is 2.47. The van der Waals surface area contributed by atoms with E-state index in [-0.39, 0.29) is 24.7 Å². The van der Waals surface area contributed by atoms with Crippen molar-refractivity contribution in [3.63, 3.8) is 0 Å². The number of aliphatic hydroxyl groups is 1. The molecule has 22 heavy (non-hydrogen) atoms. The van der Waals surface area contributed by atoms with Gasteiger partial charge in [-0.05, 0) is 37.0 Å². The van der Waals surface area contributed by atoms with E-state index in [0.29, 0.717) is 24.6 Å². The van der Waals surface area contributed by atoms with Gasteiger partial charge in [-0.3, -0.25) is 0 Å². The lowest BCUT2D eigenvalue weighted by Crippen LogP contribution is -2.45. The zero-order valence-corrected chi connectivity index (χ0v) is 13.6. The predicted octanol–water partition coefficient (Wildman–Crippen LogP) is 2.58. The van der Waals surface area contributed by atoms with Gasteiger partial charge in [0.2, 0.25) is 0 Å². The monoisotopic (exact) mass is 326 g/mol. The molecular weight excluding hydrogens is 304 g/mol. The molecule has 1 aromatic carbocycles. The number of nitrogens with one attached hydrogen (secondary N) is 1. The summed E-state index contributed by atoms with van der Waals surface area (Å²) in [5.41, 5.74) is 0.995. The van der Waals surface area contributed by atoms with Crippen LogP contribution in [0.25, 0.3) is 0 Å². The number of carbonyl (C=O) groups excluding carboxylic acids is 1. The molecular formula is C16H23ClN2O3. The van der Waals surface area contributed by atoms with Crippen LogP contribution in [0.1, 0.15) is 30.9 Å². The molecule has 0 bridgehead atoms. The van der Waals surface area contributed by atoms with Crippen molar-refractivity contribution >= 4 is 17.6 Å². The van der Waals surface area contributed by atoms with Gasteiger partial charge in [0.15, 0.2) is 0 Å². The minimum atomic E-state index is -0.135. The number of aliphatic hydroxyl groups excluding tert-OH is 1. The molecule has 6 heteroatoms. The van der Waals surface area contributed by atoms with Crippen molar-refractivity contribution in [2.24, 2.45) is 0 Å². The lowest BCUT2D eigenvalue weighted by atomic mass is 10.0. The molecule has 2 atom stereocenters. The number of amides is 2. The topological polar surface area (TPSA) is 61.8 Å². The summed E-state index contributed by atoms with van der Waals surface area (Å²) in [6.45, 7) is 1.25. The van der Waals surface area contributed by atoms with Crippen LogP contribution in [0.4, 0.5) is 4.79 Å². The standard InChI is InChI=1S/C16H23ClN2O3/c1-22-10-8-15(12-4-6-13(17)7-5-12)18-16(21)19-9-2-3-14(19)11-20/h4-7,14-15,20H,2-3,8-11H2,1H3,(H,18,21)/t14-,15+/m0/s1. The van der Waals surface area contributed by atoms with E-state index in [4.69, 9.17) is 16.3 Å². The highest BCUT2D eigenvalue weighted by molar-refractivity contribution is 6.30. The maximum absolute atomic E-state index is 12.5. The third-order valence-electron chi connectivity index (χ3n) is 4.03. The fraction of sp³-hybridized carbons (Fsp3) is 0.562. The number of ether oxygens (including phenoxy) is 1. The van der Waals surface area contributed by atoms with E-state index >= 15 is 0 Å². The van der Waals surface area contributed by atoms with Crippen LogP contribution in [-0.2, 0) is 4.74 Å². The molecule has 0 aromatic heterocycles. The number of benzene rings is 1. The van der Waals surface area contributed by atoms with Gasteiger partial charge in [-0.15, -0.1) is 0 Å². The van der Waals surface area contributed by atoms with Crippen LogP contribution < -0.4 is 5.32 Å². The van der Waals surface area contributed by atoms with Crippen molar-refractivity contribution < 1.29 is 14.6 Å². The summed E-state index contributed by atoms with van der Waals surface area (Å²) in [5, 5.41) is 13.1. The van der Waals surface area contributed by atoms with Gasteiger partial charge in [0, 0.05) is 25.3 Å². The van der Waals surface area contributed by atoms with Crippen molar-refractivity contribution in [1.29, 1.82) is 0 Å². The summed E-state index contributed by atoms with van der Waals surface area (Å²) in [7, 11) is 1.64. The Morgan fingerprint density at radius 2 is 2.23 bits per heavy atom. The Hall–Kier alpha value is -1.30. The molecule has 1 aliphatic heterocycles. The summed E-state index contributed by atoms with van der Waals surface area (Å²) in [6, 6.07) is 7.11. The van der Waals surface area contributed by atoms with Gasteiger partial charge in [-0.2, -0.15) is 0 Å². The van der Waals surface area contributed by atoms with E-state index < -0.39 is 0 Å². The number of urea groups is 1. The van der Waals surface area contributed by atoms with Gasteiger partial charge in [0.05, 0.1) is 18.7 Å². The highest BCUT2D eigenvalue weighted by Crippen LogP contribution is 2.22. The Kier molecular flexibility index (Phi) is 6.49. The fourth-order valence-corrected chi connectivity index (χ4v) is 2.90. The van der Waals surface area contributed by atoms with E-state index in [1.54, 1.807) is 12.0 Å². The van der Waals surface area contributed by atoms with Crippen LogP contribution in [-0.4, -0.2) is 48.9 Å². The van der Waals surface area contributed by atoms with Gasteiger partial charge < -0.3 is 20.1 Å². The molecule has 0 radical (unpaired) electrons. The molecule has 0 spiro atoms. The van der Waals surface area contributed by atoms with E-state index in [2.05, 4.69) is 5.32 Å². The molecule has 122 valence electrons. The SMILES string of the molecule is COCC[C@@H](NC(=O)N1CCC[C@H]1CO)c1ccc(Cl)cc1. The van der Waals surface area contributed by atoms with Crippen LogP contribution in [0, 0.1) is 0 Å². The van der Waals surface area contributed by atoms with Gasteiger partial charge in [0.25, 0.3) is 0 Å². The first kappa shape index (κ1) is 17.1. The molecule has 0 unspecified atom stereocenters. The molecule has 2 N–H and O–H groups in total. The predicted molar refractivity (Wildman–Crippen MR) is 86.0 cm³/mol. The van der Waals surface area contributed by atoms with Crippen molar-refractivity contribution in [2.45, 2.75) is 31.3 Å². The van der Waals surface area contributed by atoms with Gasteiger partial charge in [0.1, 0.15) is 0 Å². The second-order valence-corrected chi connectivity index (χ2v) is 5.94. The number of carbonyl (C=O) groups is 1. The second kappa shape index (κ2) is 8.36. The first-order valence-corrected chi connectivity index (χ1v) is 7.96. The van der Waals surface area contributed by atoms with Gasteiger partial charge in [-0.1, -0.05) is 23.7 Å². The zero-order valence-electron chi connectivity index (χ0n) is 12.8. The van der Waals surface area contributed by atoms with E-state index in [1.165, 1.54) is 0 Å². The van der Waals surface area contributed by atoms with Crippen molar-refractivity contribution in [3.05, 3.63) is 34.9 Å². The van der Waals surface area contributed by atoms with Crippen LogP contribution in [0.5, 0.6) is 0 Å². The first-order valence-electron chi connectivity index (χ1n) is 7.58. The van der Waals surface area contributed by atoms with E-state index in [0.717, 1.165) is 18.4 Å². The number of halogens is 1. The van der Waals surface area contributed by atoms with Crippen molar-refractivity contribution in [3.8, 4) is 0 Å². The lowest BCUT2D eigenvalue weighted by Gasteiger charge is -2.27. The average molecular weight is 327 g/mol. The Morgan fingerprint density at radius 1 is 1.50 bits per heavy atom. The van der Waals surface area contributed by atoms with E-state index in [1.807, 2.05) is 24.3 Å². The molecule has 1 heterocycles. The molecule has 2 rings (SSSR count). The minimum absolute atomic E-state index is 0.0110. The number of methoxy groups -OCH3 is 1. The molecule has 0 aliphatic carbocycles. The average Bonchev–Trinajstić information content (AvgIpc) is 3.01. The second-order valence-electron chi connectivity index (χ2n) is 5.51. The molecule has 5 nitrogen and oxygen atoms in total. The van der Waals surface area contributed by atoms with Gasteiger partial charge >= 0.3 is 6.03 Å². The summed E-state index contributed by atoms with van der Waals surface area (Å²) < 4.78 is 5.14. The molecule has 1 saturated heterocycles. The van der Waals surface area contributed by atoms with Gasteiger partial charge in [-0.25, -0.2) is 4.79 Å². The minimum Gasteiger partial charge on any atom is -0.394 e. The molecule has 1 fully saturated rings. The summed E-state index contributed by atoms with van der Waals surface area (Å²) >= 11 is 5.92. The third kappa shape index (κ3) is 4.35. The summed E-state index contributed by atoms with van der Waals surface area (Å²) in [5.74, 6) is 0. The first-order chi connectivity index (χ1) is 10.7. The maximum Gasteiger partial charge on any atom is 0.318 e. The Labute approximate surface area is 136 Å². The smallest absolute Gasteiger partial charge is 0.318 e. The quantitative estimate of drug-likeness (QED) is 0.844. The number of likely N-dealkylation sites (tertiary alicyclic amines) is 1. The Balaban J connectivity index is 2.05. The van der Waals surface area contributed by atoms with Crippen LogP contribution in [0.2, 0.25) is 5.02 Å². The molecule has 1 aliphatic rings.